The molecule has 8 nitrogen and oxygen atoms in total. The molecule has 0 atom stereocenters. The molecule has 0 spiro atoms. The fourth-order valence-corrected chi connectivity index (χ4v) is 2.32. The van der Waals surface area contributed by atoms with Gasteiger partial charge in [0.15, 0.2) is 11.5 Å². The summed E-state index contributed by atoms with van der Waals surface area (Å²) in [5.41, 5.74) is 1.51. The van der Waals surface area contributed by atoms with Gasteiger partial charge < -0.3 is 25.0 Å². The van der Waals surface area contributed by atoms with Crippen LogP contribution in [0.4, 0.5) is 0 Å². The molecule has 0 radical (unpaired) electrons. The number of halogens is 1. The predicted octanol–water partition coefficient (Wildman–Crippen LogP) is 3.83. The maximum Gasteiger partial charge on any atom is 0.328 e. The van der Waals surface area contributed by atoms with Crippen molar-refractivity contribution < 1.29 is 29.3 Å². The maximum atomic E-state index is 9.55. The van der Waals surface area contributed by atoms with Crippen LogP contribution in [-0.4, -0.2) is 35.8 Å². The summed E-state index contributed by atoms with van der Waals surface area (Å²) in [7, 11) is 1.88. The summed E-state index contributed by atoms with van der Waals surface area (Å²) in [6.45, 7) is 3.18. The number of nitrogens with one attached hydrogen (secondary N) is 1. The molecule has 0 aliphatic carbocycles. The Balaban J connectivity index is 0.000000479. The van der Waals surface area contributed by atoms with E-state index in [1.54, 1.807) is 18.2 Å². The van der Waals surface area contributed by atoms with Crippen LogP contribution in [0.25, 0.3) is 0 Å². The second-order valence-electron chi connectivity index (χ2n) is 5.61. The van der Waals surface area contributed by atoms with E-state index in [1.165, 1.54) is 0 Å². The van der Waals surface area contributed by atoms with Crippen molar-refractivity contribution in [1.29, 1.82) is 5.26 Å². The molecular weight excluding hydrogens is 412 g/mol. The Kier molecular flexibility index (Phi) is 10.5. The number of hydrogen-bond donors (Lipinski definition) is 3. The molecule has 0 unspecified atom stereocenters. The molecule has 0 aromatic heterocycles. The fourth-order valence-electron chi connectivity index (χ4n) is 2.15. The smallest absolute Gasteiger partial charge is 0.328 e. The molecule has 0 heterocycles. The van der Waals surface area contributed by atoms with Gasteiger partial charge in [0.2, 0.25) is 0 Å². The molecule has 158 valence electrons. The third-order valence-electron chi connectivity index (χ3n) is 3.34. The number of benzene rings is 2. The van der Waals surface area contributed by atoms with Crippen molar-refractivity contribution in [2.45, 2.75) is 13.5 Å². The summed E-state index contributed by atoms with van der Waals surface area (Å²) in [6, 6.07) is 12.7. The van der Waals surface area contributed by atoms with Gasteiger partial charge in [0, 0.05) is 29.8 Å². The molecule has 0 fully saturated rings. The molecule has 0 amide bonds. The Morgan fingerprint density at radius 3 is 2.30 bits per heavy atom. The van der Waals surface area contributed by atoms with Crippen LogP contribution in [0.2, 0.25) is 5.02 Å². The lowest BCUT2D eigenvalue weighted by molar-refractivity contribution is -0.134. The molecule has 0 aliphatic heterocycles. The van der Waals surface area contributed by atoms with Gasteiger partial charge in [-0.1, -0.05) is 17.7 Å². The molecule has 2 aromatic carbocycles. The maximum absolute atomic E-state index is 9.55. The lowest BCUT2D eigenvalue weighted by Gasteiger charge is -2.14. The van der Waals surface area contributed by atoms with E-state index in [4.69, 9.17) is 36.5 Å². The summed E-state index contributed by atoms with van der Waals surface area (Å²) in [5.74, 6) is -0.906. The highest BCUT2D eigenvalue weighted by Gasteiger charge is 2.11. The highest BCUT2D eigenvalue weighted by Crippen LogP contribution is 2.35. The van der Waals surface area contributed by atoms with Crippen molar-refractivity contribution in [2.75, 3.05) is 13.7 Å². The van der Waals surface area contributed by atoms with Crippen LogP contribution in [0, 0.1) is 11.3 Å². The zero-order chi connectivity index (χ0) is 22.5. The highest BCUT2D eigenvalue weighted by atomic mass is 35.5. The first-order chi connectivity index (χ1) is 14.3. The fraction of sp³-hybridized carbons (Fsp3) is 0.190. The predicted molar refractivity (Wildman–Crippen MR) is 111 cm³/mol. The number of carbonyl (C=O) groups is 2. The zero-order valence-electron chi connectivity index (χ0n) is 16.4. The SMILES string of the molecule is CCOc1cc(CNC)ccc1Oc1cc(Cl)ccc1C#N.O=C(O)C=CC(=O)O. The van der Waals surface area contributed by atoms with Gasteiger partial charge in [0.05, 0.1) is 12.2 Å². The summed E-state index contributed by atoms with van der Waals surface area (Å²) in [5, 5.41) is 28.4. The lowest BCUT2D eigenvalue weighted by Crippen LogP contribution is -2.05. The van der Waals surface area contributed by atoms with Gasteiger partial charge in [-0.3, -0.25) is 0 Å². The van der Waals surface area contributed by atoms with Crippen molar-refractivity contribution in [3.05, 3.63) is 64.7 Å². The van der Waals surface area contributed by atoms with E-state index < -0.39 is 11.9 Å². The Labute approximate surface area is 178 Å². The molecule has 0 aliphatic rings. The minimum Gasteiger partial charge on any atom is -0.490 e. The number of nitrogens with zero attached hydrogens (tertiary/aromatic N) is 1. The third-order valence-corrected chi connectivity index (χ3v) is 3.58. The molecule has 9 heteroatoms. The van der Waals surface area contributed by atoms with Crippen LogP contribution in [0.3, 0.4) is 0 Å². The number of rotatable bonds is 8. The Morgan fingerprint density at radius 1 is 1.10 bits per heavy atom. The first kappa shape index (κ1) is 24.5. The quantitative estimate of drug-likeness (QED) is 0.536. The van der Waals surface area contributed by atoms with Crippen molar-refractivity contribution in [1.82, 2.24) is 5.32 Å². The number of carboxylic acid groups (broad SMARTS) is 2. The average molecular weight is 433 g/mol. The number of carboxylic acids is 2. The van der Waals surface area contributed by atoms with Gasteiger partial charge >= 0.3 is 11.9 Å². The molecule has 2 aromatic rings. The van der Waals surface area contributed by atoms with Crippen LogP contribution in [-0.2, 0) is 16.1 Å². The average Bonchev–Trinajstić information content (AvgIpc) is 2.69. The van der Waals surface area contributed by atoms with Crippen LogP contribution in [0.1, 0.15) is 18.1 Å². The molecule has 2 rings (SSSR count). The molecule has 30 heavy (non-hydrogen) atoms. The van der Waals surface area contributed by atoms with E-state index >= 15 is 0 Å². The molecule has 0 saturated heterocycles. The van der Waals surface area contributed by atoms with Gasteiger partial charge in [-0.25, -0.2) is 9.59 Å². The summed E-state index contributed by atoms with van der Waals surface area (Å²) < 4.78 is 11.5. The third kappa shape index (κ3) is 8.65. The number of ether oxygens (including phenoxy) is 2. The first-order valence-electron chi connectivity index (χ1n) is 8.72. The van der Waals surface area contributed by atoms with Crippen LogP contribution in [0.5, 0.6) is 17.2 Å². The highest BCUT2D eigenvalue weighted by molar-refractivity contribution is 6.30. The van der Waals surface area contributed by atoms with Gasteiger partial charge in [0.25, 0.3) is 0 Å². The largest absolute Gasteiger partial charge is 0.490 e. The number of aliphatic carboxylic acids is 2. The number of hydrogen-bond acceptors (Lipinski definition) is 6. The van der Waals surface area contributed by atoms with E-state index in [9.17, 15) is 9.59 Å². The van der Waals surface area contributed by atoms with Crippen LogP contribution >= 0.6 is 11.6 Å². The van der Waals surface area contributed by atoms with Gasteiger partial charge in [0.1, 0.15) is 11.8 Å². The van der Waals surface area contributed by atoms with Gasteiger partial charge in [-0.15, -0.1) is 0 Å². The topological polar surface area (TPSA) is 129 Å². The standard InChI is InChI=1S/C17H17ClN2O2.C4H4O4/c1-3-21-17-8-12(11-20-2)4-7-15(17)22-16-9-14(18)6-5-13(16)10-19;5-3(6)1-2-4(7)8/h4-9,20H,3,11H2,1-2H3;1-2H,(H,5,6)(H,7,8). The summed E-state index contributed by atoms with van der Waals surface area (Å²) >= 11 is 5.98. The van der Waals surface area contributed by atoms with E-state index in [0.717, 1.165) is 12.1 Å². The van der Waals surface area contributed by atoms with Crippen LogP contribution < -0.4 is 14.8 Å². The first-order valence-corrected chi connectivity index (χ1v) is 9.10. The monoisotopic (exact) mass is 432 g/mol. The van der Waals surface area contributed by atoms with Crippen molar-refractivity contribution in [3.63, 3.8) is 0 Å². The molecule has 0 saturated carbocycles. The number of nitriles is 1. The molecule has 0 bridgehead atoms. The van der Waals surface area contributed by atoms with E-state index in [-0.39, 0.29) is 0 Å². The second kappa shape index (κ2) is 12.8. The van der Waals surface area contributed by atoms with Crippen LogP contribution in [0.15, 0.2) is 48.6 Å². The minimum absolute atomic E-state index is 0.414. The molecular formula is C21H21ClN2O6. The van der Waals surface area contributed by atoms with Gasteiger partial charge in [-0.05, 0) is 43.8 Å². The lowest BCUT2D eigenvalue weighted by atomic mass is 10.2. The van der Waals surface area contributed by atoms with Crippen molar-refractivity contribution >= 4 is 23.5 Å². The second-order valence-corrected chi connectivity index (χ2v) is 6.05. The van der Waals surface area contributed by atoms with E-state index in [1.807, 2.05) is 32.2 Å². The van der Waals surface area contributed by atoms with Crippen molar-refractivity contribution in [3.8, 4) is 23.3 Å². The Morgan fingerprint density at radius 2 is 1.77 bits per heavy atom. The minimum atomic E-state index is -1.26. The van der Waals surface area contributed by atoms with E-state index in [0.29, 0.717) is 46.6 Å². The molecule has 3 N–H and O–H groups in total. The Hall–Kier alpha value is -3.54. The normalized spacial score (nSPS) is 9.93. The summed E-state index contributed by atoms with van der Waals surface area (Å²) in [4.78, 5) is 19.1. The van der Waals surface area contributed by atoms with Gasteiger partial charge in [-0.2, -0.15) is 5.26 Å². The van der Waals surface area contributed by atoms with Crippen molar-refractivity contribution in [2.24, 2.45) is 0 Å². The zero-order valence-corrected chi connectivity index (χ0v) is 17.1. The summed E-state index contributed by atoms with van der Waals surface area (Å²) in [6.07, 6.45) is 1.12. The van der Waals surface area contributed by atoms with E-state index in [2.05, 4.69) is 11.4 Å². The Bertz CT molecular complexity index is 937.